The standard InChI is InChI=1S/C18H15NO2/c1-13(20)19-12-15(16-9-5-6-10-17(16)19)11-18(21)14-7-3-2-4-8-14/h2-10,12H,11H2,1H3. The molecule has 3 aromatic rings. The predicted molar refractivity (Wildman–Crippen MR) is 82.7 cm³/mol. The number of hydrogen-bond acceptors (Lipinski definition) is 2. The van der Waals surface area contributed by atoms with E-state index < -0.39 is 0 Å². The van der Waals surface area contributed by atoms with Gasteiger partial charge in [0.1, 0.15) is 0 Å². The van der Waals surface area contributed by atoms with Crippen molar-refractivity contribution >= 4 is 22.6 Å². The number of carbonyl (C=O) groups excluding carboxylic acids is 2. The Morgan fingerprint density at radius 2 is 1.62 bits per heavy atom. The van der Waals surface area contributed by atoms with E-state index in [1.807, 2.05) is 54.6 Å². The molecule has 0 aliphatic carbocycles. The molecule has 0 N–H and O–H groups in total. The molecule has 1 heterocycles. The number of fused-ring (bicyclic) bond motifs is 1. The monoisotopic (exact) mass is 277 g/mol. The van der Waals surface area contributed by atoms with Gasteiger partial charge in [0, 0.05) is 30.5 Å². The second kappa shape index (κ2) is 5.37. The molecule has 0 radical (unpaired) electrons. The van der Waals surface area contributed by atoms with E-state index >= 15 is 0 Å². The van der Waals surface area contributed by atoms with Crippen LogP contribution in [0.15, 0.2) is 60.8 Å². The highest BCUT2D eigenvalue weighted by Crippen LogP contribution is 2.22. The summed E-state index contributed by atoms with van der Waals surface area (Å²) in [6.07, 6.45) is 2.07. The van der Waals surface area contributed by atoms with Gasteiger partial charge in [-0.05, 0) is 11.6 Å². The molecule has 3 heteroatoms. The van der Waals surface area contributed by atoms with Gasteiger partial charge >= 0.3 is 0 Å². The summed E-state index contributed by atoms with van der Waals surface area (Å²) in [5.74, 6) is 0.00617. The maximum atomic E-state index is 12.3. The van der Waals surface area contributed by atoms with Crippen LogP contribution in [-0.2, 0) is 6.42 Å². The molecule has 3 nitrogen and oxygen atoms in total. The zero-order chi connectivity index (χ0) is 14.8. The van der Waals surface area contributed by atoms with E-state index in [-0.39, 0.29) is 11.7 Å². The highest BCUT2D eigenvalue weighted by molar-refractivity contribution is 6.01. The molecule has 104 valence electrons. The lowest BCUT2D eigenvalue weighted by Crippen LogP contribution is -2.04. The number of para-hydroxylation sites is 1. The third-order valence-corrected chi connectivity index (χ3v) is 3.58. The van der Waals surface area contributed by atoms with Crippen LogP contribution < -0.4 is 0 Å². The summed E-state index contributed by atoms with van der Waals surface area (Å²) in [4.78, 5) is 24.0. The Bertz CT molecular complexity index is 816. The second-order valence-corrected chi connectivity index (χ2v) is 5.03. The van der Waals surface area contributed by atoms with Crippen LogP contribution in [0.4, 0.5) is 0 Å². The van der Waals surface area contributed by atoms with Gasteiger partial charge in [0.25, 0.3) is 0 Å². The first kappa shape index (κ1) is 13.3. The number of hydrogen-bond donors (Lipinski definition) is 0. The van der Waals surface area contributed by atoms with E-state index in [4.69, 9.17) is 0 Å². The number of nitrogens with zero attached hydrogens (tertiary/aromatic N) is 1. The van der Waals surface area contributed by atoms with Crippen molar-refractivity contribution in [3.05, 3.63) is 71.9 Å². The van der Waals surface area contributed by atoms with E-state index in [2.05, 4.69) is 0 Å². The Balaban J connectivity index is 2.02. The molecule has 0 atom stereocenters. The third-order valence-electron chi connectivity index (χ3n) is 3.58. The maximum absolute atomic E-state index is 12.3. The van der Waals surface area contributed by atoms with Crippen molar-refractivity contribution < 1.29 is 9.59 Å². The number of Topliss-reactive ketones (excluding diaryl/α,β-unsaturated/α-hetero) is 1. The van der Waals surface area contributed by atoms with Crippen molar-refractivity contribution in [1.29, 1.82) is 0 Å². The summed E-state index contributed by atoms with van der Waals surface area (Å²) in [5, 5.41) is 0.956. The van der Waals surface area contributed by atoms with Crippen molar-refractivity contribution in [2.45, 2.75) is 13.3 Å². The molecule has 0 aliphatic rings. The molecule has 3 rings (SSSR count). The molecule has 0 aliphatic heterocycles. The van der Waals surface area contributed by atoms with Gasteiger partial charge in [-0.15, -0.1) is 0 Å². The molecule has 0 fully saturated rings. The smallest absolute Gasteiger partial charge is 0.227 e. The third kappa shape index (κ3) is 2.50. The van der Waals surface area contributed by atoms with Crippen molar-refractivity contribution in [3.63, 3.8) is 0 Å². The van der Waals surface area contributed by atoms with Gasteiger partial charge in [-0.1, -0.05) is 48.5 Å². The van der Waals surface area contributed by atoms with Gasteiger partial charge in [0.2, 0.25) is 5.91 Å². The average molecular weight is 277 g/mol. The second-order valence-electron chi connectivity index (χ2n) is 5.03. The van der Waals surface area contributed by atoms with Crippen LogP contribution in [0, 0.1) is 0 Å². The number of rotatable bonds is 3. The molecule has 0 bridgehead atoms. The number of benzene rings is 2. The Morgan fingerprint density at radius 3 is 2.33 bits per heavy atom. The Kier molecular flexibility index (Phi) is 3.40. The van der Waals surface area contributed by atoms with E-state index in [9.17, 15) is 9.59 Å². The SMILES string of the molecule is CC(=O)n1cc(CC(=O)c2ccccc2)c2ccccc21. The summed E-state index contributed by atoms with van der Waals surface area (Å²) >= 11 is 0. The van der Waals surface area contributed by atoms with Crippen LogP contribution in [0.25, 0.3) is 10.9 Å². The first-order chi connectivity index (χ1) is 10.2. The van der Waals surface area contributed by atoms with Crippen LogP contribution in [-0.4, -0.2) is 16.3 Å². The first-order valence-electron chi connectivity index (χ1n) is 6.85. The van der Waals surface area contributed by atoms with Crippen molar-refractivity contribution in [2.75, 3.05) is 0 Å². The van der Waals surface area contributed by atoms with Crippen LogP contribution in [0.2, 0.25) is 0 Å². The molecule has 21 heavy (non-hydrogen) atoms. The Morgan fingerprint density at radius 1 is 0.952 bits per heavy atom. The number of ketones is 1. The van der Waals surface area contributed by atoms with Crippen molar-refractivity contribution in [3.8, 4) is 0 Å². The first-order valence-corrected chi connectivity index (χ1v) is 6.85. The lowest BCUT2D eigenvalue weighted by Gasteiger charge is -1.99. The quantitative estimate of drug-likeness (QED) is 0.684. The van der Waals surface area contributed by atoms with Crippen LogP contribution in [0.5, 0.6) is 0 Å². The number of aromatic nitrogens is 1. The van der Waals surface area contributed by atoms with Crippen LogP contribution in [0.3, 0.4) is 0 Å². The van der Waals surface area contributed by atoms with Gasteiger partial charge in [-0.25, -0.2) is 0 Å². The minimum Gasteiger partial charge on any atom is -0.294 e. The number of carbonyl (C=O) groups is 2. The summed E-state index contributed by atoms with van der Waals surface area (Å²) in [6, 6.07) is 16.9. The fraction of sp³-hybridized carbons (Fsp3) is 0.111. The fourth-order valence-electron chi connectivity index (χ4n) is 2.55. The van der Waals surface area contributed by atoms with E-state index in [1.165, 1.54) is 6.92 Å². The van der Waals surface area contributed by atoms with Crippen LogP contribution in [0.1, 0.15) is 27.6 Å². The molecule has 1 aromatic heterocycles. The predicted octanol–water partition coefficient (Wildman–Crippen LogP) is 3.73. The van der Waals surface area contributed by atoms with Crippen molar-refractivity contribution in [1.82, 2.24) is 4.57 Å². The van der Waals surface area contributed by atoms with Crippen LogP contribution >= 0.6 is 0 Å². The average Bonchev–Trinajstić information content (AvgIpc) is 2.87. The minimum atomic E-state index is -0.0513. The van der Waals surface area contributed by atoms with E-state index in [0.717, 1.165) is 16.5 Å². The zero-order valence-corrected chi connectivity index (χ0v) is 11.7. The van der Waals surface area contributed by atoms with Gasteiger partial charge in [0.15, 0.2) is 5.78 Å². The lowest BCUT2D eigenvalue weighted by atomic mass is 10.0. The minimum absolute atomic E-state index is 0.0513. The molecule has 0 unspecified atom stereocenters. The lowest BCUT2D eigenvalue weighted by molar-refractivity contribution is 0.0938. The normalized spacial score (nSPS) is 10.7. The molecule has 0 saturated carbocycles. The molecule has 0 spiro atoms. The Hall–Kier alpha value is -2.68. The summed E-state index contributed by atoms with van der Waals surface area (Å²) in [7, 11) is 0. The highest BCUT2D eigenvalue weighted by Gasteiger charge is 2.14. The summed E-state index contributed by atoms with van der Waals surface area (Å²) < 4.78 is 1.60. The largest absolute Gasteiger partial charge is 0.294 e. The molecule has 0 saturated heterocycles. The molecular formula is C18H15NO2. The molecule has 2 aromatic carbocycles. The van der Waals surface area contributed by atoms with E-state index in [0.29, 0.717) is 12.0 Å². The fourth-order valence-corrected chi connectivity index (χ4v) is 2.55. The highest BCUT2D eigenvalue weighted by atomic mass is 16.1. The topological polar surface area (TPSA) is 39.1 Å². The van der Waals surface area contributed by atoms with Gasteiger partial charge in [-0.2, -0.15) is 0 Å². The van der Waals surface area contributed by atoms with E-state index in [1.54, 1.807) is 10.8 Å². The molecule has 0 amide bonds. The summed E-state index contributed by atoms with van der Waals surface area (Å²) in [5.41, 5.74) is 2.42. The zero-order valence-electron chi connectivity index (χ0n) is 11.7. The van der Waals surface area contributed by atoms with Gasteiger partial charge < -0.3 is 0 Å². The maximum Gasteiger partial charge on any atom is 0.227 e. The van der Waals surface area contributed by atoms with Gasteiger partial charge in [-0.3, -0.25) is 14.2 Å². The summed E-state index contributed by atoms with van der Waals surface area (Å²) in [6.45, 7) is 1.52. The Labute approximate surface area is 122 Å². The van der Waals surface area contributed by atoms with Gasteiger partial charge in [0.05, 0.1) is 5.52 Å². The van der Waals surface area contributed by atoms with Crippen molar-refractivity contribution in [2.24, 2.45) is 0 Å². The molecular weight excluding hydrogens is 262 g/mol.